The summed E-state index contributed by atoms with van der Waals surface area (Å²) in [6.45, 7) is 2.62. The monoisotopic (exact) mass is 276 g/mol. The summed E-state index contributed by atoms with van der Waals surface area (Å²) in [6.07, 6.45) is 1.68. The maximum Gasteiger partial charge on any atom is 0.372 e. The number of aromatic nitrogens is 2. The van der Waals surface area contributed by atoms with Crippen LogP contribution in [0, 0.1) is 0 Å². The fraction of sp³-hybridized carbons (Fsp3) is 0.286. The highest BCUT2D eigenvalue weighted by Crippen LogP contribution is 2.19. The number of carbonyl (C=O) groups is 1. The topological polar surface area (TPSA) is 73.6 Å². The Morgan fingerprint density at radius 1 is 1.40 bits per heavy atom. The number of nitrogens with zero attached hydrogens (tertiary/aromatic N) is 2. The first kappa shape index (κ1) is 13.9. The van der Waals surface area contributed by atoms with Gasteiger partial charge in [0.1, 0.15) is 18.1 Å². The van der Waals surface area contributed by atoms with Crippen molar-refractivity contribution in [2.75, 3.05) is 7.11 Å². The predicted molar refractivity (Wildman–Crippen MR) is 72.2 cm³/mol. The molecule has 0 bridgehead atoms. The molecule has 0 saturated heterocycles. The molecule has 0 unspecified atom stereocenters. The number of benzene rings is 1. The van der Waals surface area contributed by atoms with Crippen molar-refractivity contribution in [3.63, 3.8) is 0 Å². The molecule has 2 aromatic rings. The molecule has 1 aromatic heterocycles. The standard InChI is InChI=1S/C14H16N2O4/c1-3-16-8-10(15-13(16)14(17)18)9-20-12-6-4-5-11(7-12)19-2/h4-8H,3,9H2,1-2H3,(H,17,18). The molecule has 2 rings (SSSR count). The van der Waals surface area contributed by atoms with Gasteiger partial charge in [-0.1, -0.05) is 6.07 Å². The van der Waals surface area contributed by atoms with Crippen LogP contribution in [0.2, 0.25) is 0 Å². The van der Waals surface area contributed by atoms with Gasteiger partial charge in [-0.2, -0.15) is 0 Å². The van der Waals surface area contributed by atoms with Crippen LogP contribution in [0.15, 0.2) is 30.5 Å². The first-order valence-corrected chi connectivity index (χ1v) is 6.20. The summed E-state index contributed by atoms with van der Waals surface area (Å²) >= 11 is 0. The van der Waals surface area contributed by atoms with Crippen LogP contribution >= 0.6 is 0 Å². The van der Waals surface area contributed by atoms with E-state index >= 15 is 0 Å². The number of carboxylic acids is 1. The first-order valence-electron chi connectivity index (χ1n) is 6.20. The summed E-state index contributed by atoms with van der Waals surface area (Å²) in [4.78, 5) is 15.1. The molecule has 0 spiro atoms. The third-order valence-electron chi connectivity index (χ3n) is 2.79. The quantitative estimate of drug-likeness (QED) is 0.875. The van der Waals surface area contributed by atoms with Crippen LogP contribution < -0.4 is 9.47 Å². The van der Waals surface area contributed by atoms with Gasteiger partial charge in [-0.25, -0.2) is 9.78 Å². The van der Waals surface area contributed by atoms with Crippen LogP contribution in [0.1, 0.15) is 23.2 Å². The second-order valence-electron chi connectivity index (χ2n) is 4.11. The van der Waals surface area contributed by atoms with E-state index in [9.17, 15) is 4.79 Å². The molecular formula is C14H16N2O4. The number of aromatic carboxylic acids is 1. The Hall–Kier alpha value is -2.50. The van der Waals surface area contributed by atoms with E-state index in [1.165, 1.54) is 0 Å². The highest BCUT2D eigenvalue weighted by molar-refractivity contribution is 5.83. The maximum absolute atomic E-state index is 11.0. The van der Waals surface area contributed by atoms with E-state index in [0.717, 1.165) is 0 Å². The molecule has 0 aliphatic rings. The van der Waals surface area contributed by atoms with Gasteiger partial charge in [0.05, 0.1) is 12.8 Å². The summed E-state index contributed by atoms with van der Waals surface area (Å²) in [5.74, 6) is 0.330. The minimum atomic E-state index is -1.04. The molecule has 0 amide bonds. The lowest BCUT2D eigenvalue weighted by Gasteiger charge is -2.05. The molecule has 1 heterocycles. The van der Waals surface area contributed by atoms with E-state index in [0.29, 0.717) is 23.7 Å². The fourth-order valence-electron chi connectivity index (χ4n) is 1.80. The highest BCUT2D eigenvalue weighted by atomic mass is 16.5. The van der Waals surface area contributed by atoms with Crippen molar-refractivity contribution >= 4 is 5.97 Å². The number of carboxylic acid groups (broad SMARTS) is 1. The Bertz CT molecular complexity index is 607. The van der Waals surface area contributed by atoms with Crippen LogP contribution in [0.5, 0.6) is 11.5 Å². The molecule has 0 atom stereocenters. The molecule has 0 aliphatic heterocycles. The summed E-state index contributed by atoms with van der Waals surface area (Å²) in [5, 5.41) is 9.02. The van der Waals surface area contributed by atoms with Crippen LogP contribution in [0.3, 0.4) is 0 Å². The van der Waals surface area contributed by atoms with Crippen molar-refractivity contribution < 1.29 is 19.4 Å². The maximum atomic E-state index is 11.0. The molecule has 6 nitrogen and oxygen atoms in total. The van der Waals surface area contributed by atoms with Gasteiger partial charge < -0.3 is 19.1 Å². The molecule has 0 aliphatic carbocycles. The van der Waals surface area contributed by atoms with Gasteiger partial charge in [0.2, 0.25) is 5.82 Å². The summed E-state index contributed by atoms with van der Waals surface area (Å²) < 4.78 is 12.3. The van der Waals surface area contributed by atoms with E-state index in [2.05, 4.69) is 4.98 Å². The Balaban J connectivity index is 2.08. The van der Waals surface area contributed by atoms with E-state index < -0.39 is 5.97 Å². The van der Waals surface area contributed by atoms with Crippen molar-refractivity contribution in [1.29, 1.82) is 0 Å². The van der Waals surface area contributed by atoms with Crippen molar-refractivity contribution in [2.24, 2.45) is 0 Å². The number of methoxy groups -OCH3 is 1. The molecule has 20 heavy (non-hydrogen) atoms. The minimum absolute atomic E-state index is 0.0248. The lowest BCUT2D eigenvalue weighted by atomic mass is 10.3. The largest absolute Gasteiger partial charge is 0.497 e. The number of hydrogen-bond donors (Lipinski definition) is 1. The molecule has 6 heteroatoms. The number of hydrogen-bond acceptors (Lipinski definition) is 4. The summed E-state index contributed by atoms with van der Waals surface area (Å²) in [5.41, 5.74) is 0.576. The average molecular weight is 276 g/mol. The molecular weight excluding hydrogens is 260 g/mol. The van der Waals surface area contributed by atoms with Crippen molar-refractivity contribution in [3.05, 3.63) is 42.0 Å². The molecule has 1 N–H and O–H groups in total. The van der Waals surface area contributed by atoms with Gasteiger partial charge in [0.25, 0.3) is 0 Å². The molecule has 0 radical (unpaired) electrons. The van der Waals surface area contributed by atoms with Gasteiger partial charge >= 0.3 is 5.97 Å². The van der Waals surface area contributed by atoms with Crippen molar-refractivity contribution in [1.82, 2.24) is 9.55 Å². The van der Waals surface area contributed by atoms with Gasteiger partial charge in [0, 0.05) is 18.8 Å². The van der Waals surface area contributed by atoms with Crippen LogP contribution in [-0.2, 0) is 13.2 Å². The molecule has 106 valence electrons. The van der Waals surface area contributed by atoms with Crippen molar-refractivity contribution in [2.45, 2.75) is 20.1 Å². The van der Waals surface area contributed by atoms with E-state index in [1.54, 1.807) is 30.0 Å². The molecule has 1 aromatic carbocycles. The predicted octanol–water partition coefficient (Wildman–Crippen LogP) is 2.19. The lowest BCUT2D eigenvalue weighted by molar-refractivity contribution is 0.0678. The zero-order valence-electron chi connectivity index (χ0n) is 11.4. The van der Waals surface area contributed by atoms with Crippen LogP contribution in [0.25, 0.3) is 0 Å². The molecule has 0 saturated carbocycles. The van der Waals surface area contributed by atoms with Crippen LogP contribution in [-0.4, -0.2) is 27.7 Å². The number of imidazole rings is 1. The minimum Gasteiger partial charge on any atom is -0.497 e. The van der Waals surface area contributed by atoms with Gasteiger partial charge in [-0.05, 0) is 19.1 Å². The van der Waals surface area contributed by atoms with Gasteiger partial charge in [0.15, 0.2) is 0 Å². The number of rotatable bonds is 6. The Morgan fingerprint density at radius 3 is 2.75 bits per heavy atom. The third kappa shape index (κ3) is 3.09. The highest BCUT2D eigenvalue weighted by Gasteiger charge is 2.13. The number of aryl methyl sites for hydroxylation is 1. The average Bonchev–Trinajstić information content (AvgIpc) is 2.89. The summed E-state index contributed by atoms with van der Waals surface area (Å²) in [6, 6.07) is 7.20. The number of ether oxygens (including phenoxy) is 2. The van der Waals surface area contributed by atoms with E-state index in [4.69, 9.17) is 14.6 Å². The Labute approximate surface area is 116 Å². The lowest BCUT2D eigenvalue weighted by Crippen LogP contribution is -2.07. The fourth-order valence-corrected chi connectivity index (χ4v) is 1.80. The second-order valence-corrected chi connectivity index (χ2v) is 4.11. The zero-order chi connectivity index (χ0) is 14.5. The van der Waals surface area contributed by atoms with Gasteiger partial charge in [-0.3, -0.25) is 0 Å². The van der Waals surface area contributed by atoms with Crippen LogP contribution in [0.4, 0.5) is 0 Å². The van der Waals surface area contributed by atoms with E-state index in [-0.39, 0.29) is 12.4 Å². The normalized spacial score (nSPS) is 10.3. The molecule has 0 fully saturated rings. The Kier molecular flexibility index (Phi) is 4.24. The zero-order valence-corrected chi connectivity index (χ0v) is 11.4. The first-order chi connectivity index (χ1) is 9.63. The van der Waals surface area contributed by atoms with Crippen molar-refractivity contribution in [3.8, 4) is 11.5 Å². The SMILES string of the molecule is CCn1cc(COc2cccc(OC)c2)nc1C(=O)O. The van der Waals surface area contributed by atoms with E-state index in [1.807, 2.05) is 19.1 Å². The van der Waals surface area contributed by atoms with Gasteiger partial charge in [-0.15, -0.1) is 0 Å². The smallest absolute Gasteiger partial charge is 0.372 e. The summed E-state index contributed by atoms with van der Waals surface area (Å²) in [7, 11) is 1.58. The Morgan fingerprint density at radius 2 is 2.15 bits per heavy atom. The second kappa shape index (κ2) is 6.10. The third-order valence-corrected chi connectivity index (χ3v) is 2.79.